The molecule has 0 saturated carbocycles. The van der Waals surface area contributed by atoms with E-state index in [-0.39, 0.29) is 0 Å². The number of hydrogen-bond acceptors (Lipinski definition) is 3. The van der Waals surface area contributed by atoms with Crippen LogP contribution in [0, 0.1) is 0 Å². The second-order valence-electron chi connectivity index (χ2n) is 5.89. The minimum absolute atomic E-state index is 0.507. The summed E-state index contributed by atoms with van der Waals surface area (Å²) in [7, 11) is 0. The van der Waals surface area contributed by atoms with Crippen molar-refractivity contribution < 1.29 is 0 Å². The first-order chi connectivity index (χ1) is 10.8. The van der Waals surface area contributed by atoms with Gasteiger partial charge in [-0.25, -0.2) is 0 Å². The average molecular weight is 335 g/mol. The molecular formula is C18H23ClN2S. The van der Waals surface area contributed by atoms with Gasteiger partial charge in [-0.2, -0.15) is 0 Å². The molecule has 1 N–H and O–H groups in total. The van der Waals surface area contributed by atoms with Gasteiger partial charge in [0.2, 0.25) is 0 Å². The Morgan fingerprint density at radius 2 is 1.86 bits per heavy atom. The molecule has 1 aliphatic heterocycles. The lowest BCUT2D eigenvalue weighted by Crippen LogP contribution is -2.38. The predicted octanol–water partition coefficient (Wildman–Crippen LogP) is 4.72. The van der Waals surface area contributed by atoms with Gasteiger partial charge in [0.25, 0.3) is 0 Å². The lowest BCUT2D eigenvalue weighted by molar-refractivity contribution is 0.162. The van der Waals surface area contributed by atoms with Gasteiger partial charge in [-0.3, -0.25) is 4.90 Å². The van der Waals surface area contributed by atoms with Crippen LogP contribution < -0.4 is 5.32 Å². The van der Waals surface area contributed by atoms with Gasteiger partial charge in [0.15, 0.2) is 0 Å². The van der Waals surface area contributed by atoms with E-state index in [9.17, 15) is 0 Å². The van der Waals surface area contributed by atoms with Crippen LogP contribution in [0.15, 0.2) is 41.8 Å². The number of thiophene rings is 1. The third-order valence-electron chi connectivity index (χ3n) is 4.28. The first-order valence-electron chi connectivity index (χ1n) is 8.05. The Morgan fingerprint density at radius 1 is 1.09 bits per heavy atom. The molecule has 22 heavy (non-hydrogen) atoms. The van der Waals surface area contributed by atoms with Crippen molar-refractivity contribution in [3.63, 3.8) is 0 Å². The number of nitrogens with one attached hydrogen (secondary N) is 1. The van der Waals surface area contributed by atoms with Crippen LogP contribution >= 0.6 is 22.9 Å². The molecule has 118 valence electrons. The van der Waals surface area contributed by atoms with Crippen molar-refractivity contribution >= 4 is 22.9 Å². The quantitative estimate of drug-likeness (QED) is 0.822. The molecule has 1 aliphatic rings. The van der Waals surface area contributed by atoms with Crippen molar-refractivity contribution in [1.82, 2.24) is 10.2 Å². The second-order valence-corrected chi connectivity index (χ2v) is 7.30. The largest absolute Gasteiger partial charge is 0.311 e. The van der Waals surface area contributed by atoms with Crippen LogP contribution in [0.3, 0.4) is 0 Å². The van der Waals surface area contributed by atoms with Gasteiger partial charge in [-0.15, -0.1) is 11.3 Å². The number of rotatable bonds is 6. The maximum Gasteiger partial charge on any atom is 0.0566 e. The Hall–Kier alpha value is -0.870. The van der Waals surface area contributed by atoms with Gasteiger partial charge >= 0.3 is 0 Å². The lowest BCUT2D eigenvalue weighted by atomic mass is 10.1. The van der Waals surface area contributed by atoms with Crippen LogP contribution in [0.2, 0.25) is 5.02 Å². The van der Waals surface area contributed by atoms with E-state index >= 15 is 0 Å². The topological polar surface area (TPSA) is 15.3 Å². The van der Waals surface area contributed by atoms with Gasteiger partial charge in [-0.1, -0.05) is 36.2 Å². The Balaban J connectivity index is 1.59. The normalized spacial score (nSPS) is 17.5. The molecule has 2 aromatic rings. The number of likely N-dealkylation sites (tertiary alicyclic amines) is 1. The summed E-state index contributed by atoms with van der Waals surface area (Å²) < 4.78 is 0. The molecule has 0 amide bonds. The van der Waals surface area contributed by atoms with Crippen LogP contribution in [0.25, 0.3) is 0 Å². The van der Waals surface area contributed by atoms with Crippen molar-refractivity contribution in [2.24, 2.45) is 0 Å². The molecule has 0 bridgehead atoms. The zero-order valence-corrected chi connectivity index (χ0v) is 14.4. The molecule has 1 atom stereocenters. The van der Waals surface area contributed by atoms with E-state index in [0.29, 0.717) is 6.04 Å². The Morgan fingerprint density at radius 3 is 2.55 bits per heavy atom. The van der Waals surface area contributed by atoms with Crippen molar-refractivity contribution in [2.45, 2.75) is 31.8 Å². The molecule has 1 fully saturated rings. The first kappa shape index (κ1) is 16.0. The summed E-state index contributed by atoms with van der Waals surface area (Å²) >= 11 is 7.81. The number of hydrogen-bond donors (Lipinski definition) is 1. The van der Waals surface area contributed by atoms with Crippen molar-refractivity contribution in [3.8, 4) is 0 Å². The van der Waals surface area contributed by atoms with Gasteiger partial charge in [-0.05, 0) is 55.1 Å². The first-order valence-corrected chi connectivity index (χ1v) is 9.31. The summed E-state index contributed by atoms with van der Waals surface area (Å²) in [4.78, 5) is 4.12. The molecule has 4 heteroatoms. The number of halogens is 1. The number of piperidine rings is 1. The van der Waals surface area contributed by atoms with Crippen LogP contribution in [0.1, 0.15) is 35.7 Å². The third kappa shape index (κ3) is 4.32. The molecule has 0 spiro atoms. The average Bonchev–Trinajstić information content (AvgIpc) is 3.08. The zero-order valence-electron chi connectivity index (χ0n) is 12.8. The monoisotopic (exact) mass is 334 g/mol. The summed E-state index contributed by atoms with van der Waals surface area (Å²) in [5, 5.41) is 6.61. The Kier molecular flexibility index (Phi) is 5.90. The highest BCUT2D eigenvalue weighted by molar-refractivity contribution is 7.10. The molecule has 2 heterocycles. The van der Waals surface area contributed by atoms with E-state index in [1.807, 2.05) is 23.5 Å². The highest BCUT2D eigenvalue weighted by atomic mass is 35.5. The fraction of sp³-hybridized carbons (Fsp3) is 0.444. The van der Waals surface area contributed by atoms with E-state index in [2.05, 4.69) is 39.9 Å². The summed E-state index contributed by atoms with van der Waals surface area (Å²) in [6.45, 7) is 4.35. The van der Waals surface area contributed by atoms with Crippen LogP contribution in [-0.4, -0.2) is 24.5 Å². The fourth-order valence-corrected chi connectivity index (χ4v) is 4.06. The molecule has 2 nitrogen and oxygen atoms in total. The summed E-state index contributed by atoms with van der Waals surface area (Å²) in [6, 6.07) is 13.0. The summed E-state index contributed by atoms with van der Waals surface area (Å²) in [6.07, 6.45) is 4.05. The smallest absolute Gasteiger partial charge is 0.0566 e. The van der Waals surface area contributed by atoms with E-state index in [1.165, 1.54) is 42.8 Å². The molecule has 0 aliphatic carbocycles. The molecular weight excluding hydrogens is 312 g/mol. The van der Waals surface area contributed by atoms with Crippen molar-refractivity contribution in [1.29, 1.82) is 0 Å². The van der Waals surface area contributed by atoms with Gasteiger partial charge < -0.3 is 5.32 Å². The predicted molar refractivity (Wildman–Crippen MR) is 95.6 cm³/mol. The highest BCUT2D eigenvalue weighted by Crippen LogP contribution is 2.27. The van der Waals surface area contributed by atoms with E-state index < -0.39 is 0 Å². The van der Waals surface area contributed by atoms with Crippen LogP contribution in [0.5, 0.6) is 0 Å². The van der Waals surface area contributed by atoms with Crippen molar-refractivity contribution in [3.05, 3.63) is 57.2 Å². The Bertz CT molecular complexity index is 547. The van der Waals surface area contributed by atoms with E-state index in [4.69, 9.17) is 11.6 Å². The van der Waals surface area contributed by atoms with Gasteiger partial charge in [0.1, 0.15) is 0 Å². The minimum atomic E-state index is 0.507. The highest BCUT2D eigenvalue weighted by Gasteiger charge is 2.22. The van der Waals surface area contributed by atoms with Gasteiger partial charge in [0, 0.05) is 23.0 Å². The molecule has 1 saturated heterocycles. The summed E-state index contributed by atoms with van der Waals surface area (Å²) in [5.41, 5.74) is 1.29. The van der Waals surface area contributed by atoms with Crippen LogP contribution in [0.4, 0.5) is 0 Å². The van der Waals surface area contributed by atoms with E-state index in [0.717, 1.165) is 18.1 Å². The fourth-order valence-electron chi connectivity index (χ4n) is 3.08. The van der Waals surface area contributed by atoms with Crippen LogP contribution in [-0.2, 0) is 6.54 Å². The SMILES string of the molecule is Clc1ccc(CNCC(c2cccs2)N2CCCCC2)cc1. The van der Waals surface area contributed by atoms with Gasteiger partial charge in [0.05, 0.1) is 6.04 Å². The number of benzene rings is 1. The maximum atomic E-state index is 5.94. The molecule has 1 aromatic heterocycles. The molecule has 1 unspecified atom stereocenters. The zero-order chi connectivity index (χ0) is 15.2. The third-order valence-corrected chi connectivity index (χ3v) is 5.51. The lowest BCUT2D eigenvalue weighted by Gasteiger charge is -2.34. The molecule has 0 radical (unpaired) electrons. The van der Waals surface area contributed by atoms with E-state index in [1.54, 1.807) is 0 Å². The minimum Gasteiger partial charge on any atom is -0.311 e. The van der Waals surface area contributed by atoms with Crippen molar-refractivity contribution in [2.75, 3.05) is 19.6 Å². The number of nitrogens with zero attached hydrogens (tertiary/aromatic N) is 1. The second kappa shape index (κ2) is 8.11. The standard InChI is InChI=1S/C18H23ClN2S/c19-16-8-6-15(7-9-16)13-20-14-17(18-5-4-12-22-18)21-10-2-1-3-11-21/h4-9,12,17,20H,1-3,10-11,13-14H2. The molecule has 3 rings (SSSR count). The molecule has 1 aromatic carbocycles. The summed E-state index contributed by atoms with van der Waals surface area (Å²) in [5.74, 6) is 0. The maximum absolute atomic E-state index is 5.94. The Labute approximate surface area is 142 Å².